The van der Waals surface area contributed by atoms with Gasteiger partial charge in [0.1, 0.15) is 5.82 Å². The van der Waals surface area contributed by atoms with Crippen molar-refractivity contribution in [3.63, 3.8) is 0 Å². The van der Waals surface area contributed by atoms with E-state index in [4.69, 9.17) is 0 Å². The van der Waals surface area contributed by atoms with Crippen molar-refractivity contribution in [2.45, 2.75) is 33.1 Å². The summed E-state index contributed by atoms with van der Waals surface area (Å²) in [5, 5.41) is 6.29. The first-order chi connectivity index (χ1) is 9.51. The van der Waals surface area contributed by atoms with E-state index in [0.29, 0.717) is 6.54 Å². The number of piperidine rings is 1. The van der Waals surface area contributed by atoms with E-state index < -0.39 is 0 Å². The molecule has 3 nitrogen and oxygen atoms in total. The van der Waals surface area contributed by atoms with E-state index in [1.54, 1.807) is 6.07 Å². The highest BCUT2D eigenvalue weighted by atomic mass is 35.5. The zero-order chi connectivity index (χ0) is 14.6. The molecule has 5 heteroatoms. The molecule has 1 atom stereocenters. The number of hydrogen-bond donors (Lipinski definition) is 2. The Morgan fingerprint density at radius 2 is 2.24 bits per heavy atom. The van der Waals surface area contributed by atoms with Gasteiger partial charge < -0.3 is 10.6 Å². The number of rotatable bonds is 4. The molecular formula is C16H24ClFN2O. The summed E-state index contributed by atoms with van der Waals surface area (Å²) in [6.45, 7) is 6.25. The minimum absolute atomic E-state index is 0. The minimum Gasteiger partial charge on any atom is -0.355 e. The molecule has 1 heterocycles. The van der Waals surface area contributed by atoms with E-state index in [9.17, 15) is 9.18 Å². The van der Waals surface area contributed by atoms with Crippen LogP contribution < -0.4 is 10.6 Å². The summed E-state index contributed by atoms with van der Waals surface area (Å²) >= 11 is 0. The van der Waals surface area contributed by atoms with Crippen LogP contribution in [0, 0.1) is 18.2 Å². The maximum Gasteiger partial charge on any atom is 0.227 e. The van der Waals surface area contributed by atoms with Crippen LogP contribution in [-0.2, 0) is 11.2 Å². The van der Waals surface area contributed by atoms with Crippen molar-refractivity contribution in [2.75, 3.05) is 19.6 Å². The van der Waals surface area contributed by atoms with E-state index in [1.807, 2.05) is 13.8 Å². The Balaban J connectivity index is 0.00000220. The molecule has 0 saturated carbocycles. The second kappa shape index (κ2) is 7.76. The van der Waals surface area contributed by atoms with Crippen molar-refractivity contribution < 1.29 is 9.18 Å². The highest BCUT2D eigenvalue weighted by molar-refractivity contribution is 5.85. The fraction of sp³-hybridized carbons (Fsp3) is 0.562. The van der Waals surface area contributed by atoms with Crippen LogP contribution in [0.25, 0.3) is 0 Å². The fourth-order valence-corrected chi connectivity index (χ4v) is 2.71. The van der Waals surface area contributed by atoms with Crippen LogP contribution in [0.4, 0.5) is 4.39 Å². The second-order valence-electron chi connectivity index (χ2n) is 5.92. The summed E-state index contributed by atoms with van der Waals surface area (Å²) in [6, 6.07) is 4.79. The van der Waals surface area contributed by atoms with Crippen molar-refractivity contribution >= 4 is 18.3 Å². The standard InChI is InChI=1S/C16H23FN2O.ClH/c1-12-10-14(17)5-4-13(12)6-9-19-15(20)16(2)7-3-8-18-11-16;/h4-5,10,18H,3,6-9,11H2,1-2H3,(H,19,20);1H. The number of carbonyl (C=O) groups excluding carboxylic acids is 1. The number of carbonyl (C=O) groups is 1. The summed E-state index contributed by atoms with van der Waals surface area (Å²) in [6.07, 6.45) is 2.71. The number of halogens is 2. The molecular weight excluding hydrogens is 291 g/mol. The van der Waals surface area contributed by atoms with Crippen LogP contribution in [0.3, 0.4) is 0 Å². The Kier molecular flexibility index (Phi) is 6.62. The van der Waals surface area contributed by atoms with Gasteiger partial charge in [0.05, 0.1) is 5.41 Å². The van der Waals surface area contributed by atoms with Gasteiger partial charge in [0, 0.05) is 13.1 Å². The SMILES string of the molecule is Cc1cc(F)ccc1CCNC(=O)C1(C)CCCNC1.Cl. The average molecular weight is 315 g/mol. The van der Waals surface area contributed by atoms with Gasteiger partial charge in [-0.1, -0.05) is 6.07 Å². The Labute approximate surface area is 132 Å². The zero-order valence-corrected chi connectivity index (χ0v) is 13.5. The average Bonchev–Trinajstić information content (AvgIpc) is 2.42. The van der Waals surface area contributed by atoms with Crippen molar-refractivity contribution in [3.05, 3.63) is 35.1 Å². The van der Waals surface area contributed by atoms with Crippen LogP contribution in [-0.4, -0.2) is 25.5 Å². The van der Waals surface area contributed by atoms with Crippen LogP contribution in [0.15, 0.2) is 18.2 Å². The smallest absolute Gasteiger partial charge is 0.227 e. The predicted octanol–water partition coefficient (Wildman–Crippen LogP) is 2.60. The quantitative estimate of drug-likeness (QED) is 0.897. The Bertz CT molecular complexity index is 487. The Morgan fingerprint density at radius 1 is 1.48 bits per heavy atom. The summed E-state index contributed by atoms with van der Waals surface area (Å²) in [5.74, 6) is -0.0967. The lowest BCUT2D eigenvalue weighted by molar-refractivity contribution is -0.131. The summed E-state index contributed by atoms with van der Waals surface area (Å²) in [5.41, 5.74) is 1.72. The maximum absolute atomic E-state index is 13.0. The molecule has 21 heavy (non-hydrogen) atoms. The van der Waals surface area contributed by atoms with E-state index in [-0.39, 0.29) is 29.5 Å². The molecule has 0 spiro atoms. The van der Waals surface area contributed by atoms with Crippen molar-refractivity contribution in [1.29, 1.82) is 0 Å². The highest BCUT2D eigenvalue weighted by Gasteiger charge is 2.34. The van der Waals surface area contributed by atoms with Crippen molar-refractivity contribution in [3.8, 4) is 0 Å². The van der Waals surface area contributed by atoms with Gasteiger partial charge in [-0.3, -0.25) is 4.79 Å². The summed E-state index contributed by atoms with van der Waals surface area (Å²) in [4.78, 5) is 12.2. The van der Waals surface area contributed by atoms with Crippen LogP contribution in [0.1, 0.15) is 30.9 Å². The monoisotopic (exact) mass is 314 g/mol. The summed E-state index contributed by atoms with van der Waals surface area (Å²) < 4.78 is 13.0. The molecule has 1 unspecified atom stereocenters. The number of benzene rings is 1. The maximum atomic E-state index is 13.0. The molecule has 1 amide bonds. The van der Waals surface area contributed by atoms with Crippen LogP contribution >= 0.6 is 12.4 Å². The third-order valence-electron chi connectivity index (χ3n) is 4.13. The number of hydrogen-bond acceptors (Lipinski definition) is 2. The van der Waals surface area contributed by atoms with Crippen molar-refractivity contribution in [2.24, 2.45) is 5.41 Å². The van der Waals surface area contributed by atoms with Gasteiger partial charge in [-0.05, 0) is 62.9 Å². The highest BCUT2D eigenvalue weighted by Crippen LogP contribution is 2.25. The van der Waals surface area contributed by atoms with Gasteiger partial charge in [0.15, 0.2) is 0 Å². The molecule has 0 radical (unpaired) electrons. The van der Waals surface area contributed by atoms with Gasteiger partial charge in [-0.15, -0.1) is 12.4 Å². The first-order valence-corrected chi connectivity index (χ1v) is 7.25. The lowest BCUT2D eigenvalue weighted by Gasteiger charge is -2.32. The number of amides is 1. The van der Waals surface area contributed by atoms with Crippen molar-refractivity contribution in [1.82, 2.24) is 10.6 Å². The Morgan fingerprint density at radius 3 is 2.86 bits per heavy atom. The van der Waals surface area contributed by atoms with E-state index >= 15 is 0 Å². The molecule has 1 aromatic rings. The lowest BCUT2D eigenvalue weighted by atomic mass is 9.82. The molecule has 0 bridgehead atoms. The summed E-state index contributed by atoms with van der Waals surface area (Å²) in [7, 11) is 0. The van der Waals surface area contributed by atoms with E-state index in [0.717, 1.165) is 43.5 Å². The van der Waals surface area contributed by atoms with Gasteiger partial charge in [0.2, 0.25) is 5.91 Å². The molecule has 1 aromatic carbocycles. The van der Waals surface area contributed by atoms with E-state index in [2.05, 4.69) is 10.6 Å². The van der Waals surface area contributed by atoms with Crippen LogP contribution in [0.2, 0.25) is 0 Å². The fourth-order valence-electron chi connectivity index (χ4n) is 2.71. The number of aryl methyl sites for hydroxylation is 1. The second-order valence-corrected chi connectivity index (χ2v) is 5.92. The first-order valence-electron chi connectivity index (χ1n) is 7.25. The molecule has 1 aliphatic rings. The largest absolute Gasteiger partial charge is 0.355 e. The van der Waals surface area contributed by atoms with Gasteiger partial charge in [-0.25, -0.2) is 4.39 Å². The van der Waals surface area contributed by atoms with Gasteiger partial charge in [0.25, 0.3) is 0 Å². The normalized spacial score (nSPS) is 21.5. The first kappa shape index (κ1) is 17.9. The van der Waals surface area contributed by atoms with Gasteiger partial charge in [-0.2, -0.15) is 0 Å². The molecule has 2 N–H and O–H groups in total. The molecule has 0 aromatic heterocycles. The zero-order valence-electron chi connectivity index (χ0n) is 12.7. The molecule has 1 saturated heterocycles. The Hall–Kier alpha value is -1.13. The number of nitrogens with one attached hydrogen (secondary N) is 2. The van der Waals surface area contributed by atoms with Gasteiger partial charge >= 0.3 is 0 Å². The molecule has 2 rings (SSSR count). The third kappa shape index (κ3) is 4.68. The minimum atomic E-state index is -0.296. The third-order valence-corrected chi connectivity index (χ3v) is 4.13. The topological polar surface area (TPSA) is 41.1 Å². The van der Waals surface area contributed by atoms with E-state index in [1.165, 1.54) is 12.1 Å². The molecule has 1 fully saturated rings. The predicted molar refractivity (Wildman–Crippen MR) is 85.3 cm³/mol. The molecule has 118 valence electrons. The van der Waals surface area contributed by atoms with Crippen LogP contribution in [0.5, 0.6) is 0 Å². The molecule has 0 aliphatic carbocycles. The lowest BCUT2D eigenvalue weighted by Crippen LogP contribution is -2.49. The molecule has 1 aliphatic heterocycles.